The van der Waals surface area contributed by atoms with Crippen molar-refractivity contribution in [2.24, 2.45) is 0 Å². The van der Waals surface area contributed by atoms with Gasteiger partial charge in [0.15, 0.2) is 0 Å². The lowest BCUT2D eigenvalue weighted by Crippen LogP contribution is -2.31. The Hall–Kier alpha value is -2.10. The van der Waals surface area contributed by atoms with Crippen LogP contribution in [0.1, 0.15) is 26.7 Å². The Kier molecular flexibility index (Phi) is 3.69. The molecule has 0 unspecified atom stereocenters. The number of carboxylic acids is 1. The van der Waals surface area contributed by atoms with E-state index in [4.69, 9.17) is 5.11 Å². The highest BCUT2D eigenvalue weighted by atomic mass is 16.4. The van der Waals surface area contributed by atoms with Crippen LogP contribution in [0.15, 0.2) is 36.5 Å². The van der Waals surface area contributed by atoms with Gasteiger partial charge in [-0.3, -0.25) is 9.78 Å². The lowest BCUT2D eigenvalue weighted by molar-refractivity contribution is -0.137. The summed E-state index contributed by atoms with van der Waals surface area (Å²) in [5, 5.41) is 13.2. The molecule has 4 heteroatoms. The Morgan fingerprint density at radius 1 is 1.32 bits per heavy atom. The summed E-state index contributed by atoms with van der Waals surface area (Å²) >= 11 is 0. The number of nitrogens with one attached hydrogen (secondary N) is 1. The van der Waals surface area contributed by atoms with Gasteiger partial charge in [-0.1, -0.05) is 18.2 Å². The van der Waals surface area contributed by atoms with Crippen LogP contribution in [0, 0.1) is 0 Å². The molecule has 0 fully saturated rings. The molecule has 0 aliphatic rings. The van der Waals surface area contributed by atoms with Gasteiger partial charge in [0, 0.05) is 29.2 Å². The van der Waals surface area contributed by atoms with E-state index in [0.29, 0.717) is 6.42 Å². The predicted octanol–water partition coefficient (Wildman–Crippen LogP) is 3.29. The van der Waals surface area contributed by atoms with Crippen molar-refractivity contribution in [3.8, 4) is 0 Å². The summed E-state index contributed by atoms with van der Waals surface area (Å²) in [6, 6.07) is 9.82. The third-order valence-electron chi connectivity index (χ3n) is 3.09. The van der Waals surface area contributed by atoms with Crippen molar-refractivity contribution in [2.45, 2.75) is 32.2 Å². The van der Waals surface area contributed by atoms with Crippen LogP contribution in [0.4, 0.5) is 5.69 Å². The first-order chi connectivity index (χ1) is 8.98. The second-order valence-corrected chi connectivity index (χ2v) is 5.28. The minimum atomic E-state index is -0.769. The molecular weight excluding hydrogens is 240 g/mol. The molecule has 0 atom stereocenters. The quantitative estimate of drug-likeness (QED) is 0.863. The maximum atomic E-state index is 10.7. The minimum absolute atomic E-state index is 0.156. The Balaban J connectivity index is 2.23. The van der Waals surface area contributed by atoms with E-state index in [0.717, 1.165) is 16.6 Å². The molecule has 0 bridgehead atoms. The van der Waals surface area contributed by atoms with Crippen molar-refractivity contribution in [2.75, 3.05) is 5.32 Å². The van der Waals surface area contributed by atoms with Crippen molar-refractivity contribution >= 4 is 22.6 Å². The van der Waals surface area contributed by atoms with Gasteiger partial charge in [0.2, 0.25) is 0 Å². The molecule has 100 valence electrons. The largest absolute Gasteiger partial charge is 0.481 e. The van der Waals surface area contributed by atoms with Crippen LogP contribution in [0.5, 0.6) is 0 Å². The molecule has 0 aliphatic heterocycles. The minimum Gasteiger partial charge on any atom is -0.481 e. The van der Waals surface area contributed by atoms with E-state index in [1.807, 2.05) is 44.2 Å². The van der Waals surface area contributed by atoms with E-state index < -0.39 is 5.97 Å². The molecule has 0 radical (unpaired) electrons. The third kappa shape index (κ3) is 3.44. The Bertz CT molecular complexity index is 588. The molecule has 2 N–H and O–H groups in total. The smallest absolute Gasteiger partial charge is 0.303 e. The van der Waals surface area contributed by atoms with Crippen LogP contribution in [0.3, 0.4) is 0 Å². The fourth-order valence-electron chi connectivity index (χ4n) is 2.05. The molecule has 1 aromatic carbocycles. The molecule has 2 rings (SSSR count). The summed E-state index contributed by atoms with van der Waals surface area (Å²) in [6.45, 7) is 4.01. The van der Waals surface area contributed by atoms with E-state index in [1.165, 1.54) is 0 Å². The number of benzene rings is 1. The van der Waals surface area contributed by atoms with E-state index in [1.54, 1.807) is 6.20 Å². The molecule has 1 heterocycles. The van der Waals surface area contributed by atoms with Gasteiger partial charge >= 0.3 is 5.97 Å². The number of hydrogen-bond acceptors (Lipinski definition) is 3. The zero-order valence-corrected chi connectivity index (χ0v) is 11.2. The van der Waals surface area contributed by atoms with Gasteiger partial charge in [-0.25, -0.2) is 0 Å². The maximum Gasteiger partial charge on any atom is 0.303 e. The first kappa shape index (κ1) is 13.3. The van der Waals surface area contributed by atoms with Crippen molar-refractivity contribution in [1.82, 2.24) is 4.98 Å². The fourth-order valence-corrected chi connectivity index (χ4v) is 2.05. The average molecular weight is 258 g/mol. The van der Waals surface area contributed by atoms with E-state index in [2.05, 4.69) is 10.3 Å². The van der Waals surface area contributed by atoms with E-state index in [9.17, 15) is 4.79 Å². The number of para-hydroxylation sites is 1. The van der Waals surface area contributed by atoms with Gasteiger partial charge in [-0.2, -0.15) is 0 Å². The van der Waals surface area contributed by atoms with Crippen LogP contribution < -0.4 is 5.32 Å². The van der Waals surface area contributed by atoms with Crippen molar-refractivity contribution in [1.29, 1.82) is 0 Å². The maximum absolute atomic E-state index is 10.7. The molecule has 0 aliphatic carbocycles. The third-order valence-corrected chi connectivity index (χ3v) is 3.09. The van der Waals surface area contributed by atoms with Gasteiger partial charge in [0.1, 0.15) is 0 Å². The molecule has 1 aromatic heterocycles. The van der Waals surface area contributed by atoms with Gasteiger partial charge in [0.05, 0.1) is 5.52 Å². The van der Waals surface area contributed by atoms with Crippen LogP contribution in [0.2, 0.25) is 0 Å². The number of nitrogens with zero attached hydrogens (tertiary/aromatic N) is 1. The normalized spacial score (nSPS) is 11.5. The first-order valence-electron chi connectivity index (χ1n) is 6.32. The van der Waals surface area contributed by atoms with Crippen LogP contribution in [-0.2, 0) is 4.79 Å². The van der Waals surface area contributed by atoms with Crippen molar-refractivity contribution < 1.29 is 9.90 Å². The molecule has 4 nitrogen and oxygen atoms in total. The lowest BCUT2D eigenvalue weighted by Gasteiger charge is -2.27. The van der Waals surface area contributed by atoms with Crippen LogP contribution in [-0.4, -0.2) is 21.6 Å². The van der Waals surface area contributed by atoms with Crippen molar-refractivity contribution in [3.63, 3.8) is 0 Å². The van der Waals surface area contributed by atoms with Gasteiger partial charge in [0.25, 0.3) is 0 Å². The van der Waals surface area contributed by atoms with Crippen LogP contribution >= 0.6 is 0 Å². The molecule has 19 heavy (non-hydrogen) atoms. The number of fused-ring (bicyclic) bond motifs is 1. The monoisotopic (exact) mass is 258 g/mol. The molecule has 0 spiro atoms. The predicted molar refractivity (Wildman–Crippen MR) is 76.3 cm³/mol. The second-order valence-electron chi connectivity index (χ2n) is 5.28. The SMILES string of the molecule is CC(C)(CCC(=O)O)Nc1ccnc2ccccc12. The Morgan fingerprint density at radius 3 is 2.79 bits per heavy atom. The number of carboxylic acid groups (broad SMARTS) is 1. The zero-order valence-electron chi connectivity index (χ0n) is 11.2. The summed E-state index contributed by atoms with van der Waals surface area (Å²) < 4.78 is 0. The summed E-state index contributed by atoms with van der Waals surface area (Å²) in [4.78, 5) is 15.0. The number of anilines is 1. The van der Waals surface area contributed by atoms with Crippen LogP contribution in [0.25, 0.3) is 10.9 Å². The van der Waals surface area contributed by atoms with Crippen molar-refractivity contribution in [3.05, 3.63) is 36.5 Å². The number of hydrogen-bond donors (Lipinski definition) is 2. The van der Waals surface area contributed by atoms with E-state index in [-0.39, 0.29) is 12.0 Å². The number of aliphatic carboxylic acids is 1. The average Bonchev–Trinajstić information content (AvgIpc) is 2.37. The first-order valence-corrected chi connectivity index (χ1v) is 6.32. The number of rotatable bonds is 5. The summed E-state index contributed by atoms with van der Waals surface area (Å²) in [7, 11) is 0. The molecule has 0 saturated carbocycles. The molecular formula is C15H18N2O2. The summed E-state index contributed by atoms with van der Waals surface area (Å²) in [5.74, 6) is -0.769. The molecule has 0 amide bonds. The molecule has 2 aromatic rings. The lowest BCUT2D eigenvalue weighted by atomic mass is 9.97. The topological polar surface area (TPSA) is 62.2 Å². The Labute approximate surface area is 112 Å². The van der Waals surface area contributed by atoms with E-state index >= 15 is 0 Å². The Morgan fingerprint density at radius 2 is 2.05 bits per heavy atom. The van der Waals surface area contributed by atoms with Gasteiger partial charge < -0.3 is 10.4 Å². The molecule has 0 saturated heterocycles. The summed E-state index contributed by atoms with van der Waals surface area (Å²) in [6.07, 6.45) is 2.49. The second kappa shape index (κ2) is 5.26. The number of aromatic nitrogens is 1. The number of carbonyl (C=O) groups is 1. The fraction of sp³-hybridized carbons (Fsp3) is 0.333. The highest BCUT2D eigenvalue weighted by Crippen LogP contribution is 2.26. The van der Waals surface area contributed by atoms with Gasteiger partial charge in [-0.05, 0) is 32.4 Å². The highest BCUT2D eigenvalue weighted by molar-refractivity contribution is 5.91. The van der Waals surface area contributed by atoms with Gasteiger partial charge in [-0.15, -0.1) is 0 Å². The number of pyridine rings is 1. The summed E-state index contributed by atoms with van der Waals surface area (Å²) in [5.41, 5.74) is 1.64. The zero-order chi connectivity index (χ0) is 13.9. The standard InChI is InChI=1S/C15H18N2O2/c1-15(2,9-7-14(18)19)17-13-8-10-16-12-6-4-3-5-11(12)13/h3-6,8,10H,7,9H2,1-2H3,(H,16,17)(H,18,19). The highest BCUT2D eigenvalue weighted by Gasteiger charge is 2.19.